The third-order valence-electron chi connectivity index (χ3n) is 3.40. The van der Waals surface area contributed by atoms with Crippen LogP contribution in [-0.4, -0.2) is 13.1 Å². The van der Waals surface area contributed by atoms with E-state index in [2.05, 4.69) is 47.4 Å². The van der Waals surface area contributed by atoms with Crippen molar-refractivity contribution in [2.24, 2.45) is 5.41 Å². The highest BCUT2D eigenvalue weighted by molar-refractivity contribution is 9.11. The van der Waals surface area contributed by atoms with Gasteiger partial charge in [-0.25, -0.2) is 0 Å². The second-order valence-corrected chi connectivity index (χ2v) is 6.80. The van der Waals surface area contributed by atoms with E-state index in [1.165, 1.54) is 27.9 Å². The van der Waals surface area contributed by atoms with E-state index in [1.54, 1.807) is 0 Å². The fourth-order valence-electron chi connectivity index (χ4n) is 2.02. The molecule has 0 aliphatic heterocycles. The number of halogens is 1. The Morgan fingerprint density at radius 3 is 2.71 bits per heavy atom. The summed E-state index contributed by atoms with van der Waals surface area (Å²) < 4.78 is 1.25. The standard InChI is InChI=1S/C11H16BrNS/c1-8(13-2)11(5-6-11)7-9-3-4-10(12)14-9/h3-4,8,13H,5-7H2,1-2H3. The van der Waals surface area contributed by atoms with Gasteiger partial charge >= 0.3 is 0 Å². The van der Waals surface area contributed by atoms with E-state index in [0.29, 0.717) is 11.5 Å². The zero-order valence-electron chi connectivity index (χ0n) is 8.64. The van der Waals surface area contributed by atoms with Crippen LogP contribution in [0.3, 0.4) is 0 Å². The molecule has 0 radical (unpaired) electrons. The third-order valence-corrected chi connectivity index (χ3v) is 5.02. The molecular formula is C11H16BrNS. The van der Waals surface area contributed by atoms with Crippen LogP contribution in [0.2, 0.25) is 0 Å². The van der Waals surface area contributed by atoms with Gasteiger partial charge in [0, 0.05) is 10.9 Å². The van der Waals surface area contributed by atoms with Gasteiger partial charge in [-0.05, 0) is 66.7 Å². The van der Waals surface area contributed by atoms with Crippen molar-refractivity contribution in [2.45, 2.75) is 32.2 Å². The Balaban J connectivity index is 2.04. The Morgan fingerprint density at radius 2 is 2.29 bits per heavy atom. The smallest absolute Gasteiger partial charge is 0.0701 e. The maximum Gasteiger partial charge on any atom is 0.0701 e. The van der Waals surface area contributed by atoms with Crippen LogP contribution >= 0.6 is 27.3 Å². The van der Waals surface area contributed by atoms with Crippen LogP contribution in [0.1, 0.15) is 24.6 Å². The predicted molar refractivity (Wildman–Crippen MR) is 65.9 cm³/mol. The fourth-order valence-corrected chi connectivity index (χ4v) is 3.66. The van der Waals surface area contributed by atoms with Crippen LogP contribution < -0.4 is 5.32 Å². The van der Waals surface area contributed by atoms with Gasteiger partial charge in [-0.15, -0.1) is 11.3 Å². The third kappa shape index (κ3) is 2.05. The Kier molecular flexibility index (Phi) is 3.01. The van der Waals surface area contributed by atoms with Crippen molar-refractivity contribution in [1.82, 2.24) is 5.32 Å². The molecule has 1 nitrogen and oxygen atoms in total. The summed E-state index contributed by atoms with van der Waals surface area (Å²) in [7, 11) is 2.06. The minimum Gasteiger partial charge on any atom is -0.317 e. The van der Waals surface area contributed by atoms with Gasteiger partial charge in [-0.1, -0.05) is 0 Å². The zero-order chi connectivity index (χ0) is 10.2. The van der Waals surface area contributed by atoms with Crippen molar-refractivity contribution in [3.8, 4) is 0 Å². The van der Waals surface area contributed by atoms with E-state index >= 15 is 0 Å². The monoisotopic (exact) mass is 273 g/mol. The average molecular weight is 274 g/mol. The molecule has 1 aliphatic carbocycles. The van der Waals surface area contributed by atoms with Crippen molar-refractivity contribution < 1.29 is 0 Å². The first kappa shape index (κ1) is 10.7. The molecule has 0 amide bonds. The largest absolute Gasteiger partial charge is 0.317 e. The topological polar surface area (TPSA) is 12.0 Å². The molecule has 1 N–H and O–H groups in total. The van der Waals surface area contributed by atoms with E-state index in [9.17, 15) is 0 Å². The van der Waals surface area contributed by atoms with Crippen molar-refractivity contribution in [3.05, 3.63) is 20.8 Å². The summed E-state index contributed by atoms with van der Waals surface area (Å²) in [5.41, 5.74) is 0.555. The summed E-state index contributed by atoms with van der Waals surface area (Å²) in [6.45, 7) is 2.30. The van der Waals surface area contributed by atoms with Crippen LogP contribution in [0.25, 0.3) is 0 Å². The number of hydrogen-bond donors (Lipinski definition) is 1. The number of rotatable bonds is 4. The molecule has 3 heteroatoms. The highest BCUT2D eigenvalue weighted by Crippen LogP contribution is 2.51. The minimum atomic E-state index is 0.555. The van der Waals surface area contributed by atoms with Crippen LogP contribution in [0.5, 0.6) is 0 Å². The predicted octanol–water partition coefficient (Wildman–Crippen LogP) is 3.44. The number of nitrogens with one attached hydrogen (secondary N) is 1. The normalized spacial score (nSPS) is 20.8. The molecule has 14 heavy (non-hydrogen) atoms. The van der Waals surface area contributed by atoms with Crippen molar-refractivity contribution in [1.29, 1.82) is 0 Å². The van der Waals surface area contributed by atoms with Crippen molar-refractivity contribution in [2.75, 3.05) is 7.05 Å². The van der Waals surface area contributed by atoms with E-state index in [-0.39, 0.29) is 0 Å². The lowest BCUT2D eigenvalue weighted by Crippen LogP contribution is -2.33. The highest BCUT2D eigenvalue weighted by Gasteiger charge is 2.46. The molecule has 0 bridgehead atoms. The summed E-state index contributed by atoms with van der Waals surface area (Å²) in [5.74, 6) is 0. The molecule has 1 aromatic heterocycles. The second-order valence-electron chi connectivity index (χ2n) is 4.26. The summed E-state index contributed by atoms with van der Waals surface area (Å²) in [5, 5.41) is 3.39. The SMILES string of the molecule is CNC(C)C1(Cc2ccc(Br)s2)CC1. The molecule has 1 aliphatic rings. The van der Waals surface area contributed by atoms with Gasteiger partial charge in [0.05, 0.1) is 3.79 Å². The maximum absolute atomic E-state index is 3.52. The van der Waals surface area contributed by atoms with Crippen molar-refractivity contribution >= 4 is 27.3 Å². The van der Waals surface area contributed by atoms with Gasteiger partial charge in [0.25, 0.3) is 0 Å². The molecule has 1 saturated carbocycles. The quantitative estimate of drug-likeness (QED) is 0.886. The van der Waals surface area contributed by atoms with Gasteiger partial charge in [0.2, 0.25) is 0 Å². The Morgan fingerprint density at radius 1 is 1.57 bits per heavy atom. The molecule has 1 heterocycles. The average Bonchev–Trinajstić information content (AvgIpc) is 2.84. The van der Waals surface area contributed by atoms with Crippen LogP contribution in [0.4, 0.5) is 0 Å². The molecule has 1 aromatic rings. The van der Waals surface area contributed by atoms with Crippen LogP contribution in [0, 0.1) is 5.41 Å². The Labute approximate surface area is 98.0 Å². The molecule has 78 valence electrons. The highest BCUT2D eigenvalue weighted by atomic mass is 79.9. The molecule has 0 saturated heterocycles. The molecular weight excluding hydrogens is 258 g/mol. The van der Waals surface area contributed by atoms with E-state index in [4.69, 9.17) is 0 Å². The van der Waals surface area contributed by atoms with E-state index in [1.807, 2.05) is 11.3 Å². The lowest BCUT2D eigenvalue weighted by molar-refractivity contribution is 0.372. The number of thiophene rings is 1. The first-order valence-electron chi connectivity index (χ1n) is 5.08. The van der Waals surface area contributed by atoms with E-state index in [0.717, 1.165) is 0 Å². The van der Waals surface area contributed by atoms with Gasteiger partial charge < -0.3 is 5.32 Å². The molecule has 0 aromatic carbocycles. The zero-order valence-corrected chi connectivity index (χ0v) is 11.0. The van der Waals surface area contributed by atoms with Gasteiger partial charge in [0.15, 0.2) is 0 Å². The molecule has 2 rings (SSSR count). The van der Waals surface area contributed by atoms with Crippen LogP contribution in [0.15, 0.2) is 15.9 Å². The summed E-state index contributed by atoms with van der Waals surface area (Å²) in [4.78, 5) is 1.51. The van der Waals surface area contributed by atoms with Crippen LogP contribution in [-0.2, 0) is 6.42 Å². The lowest BCUT2D eigenvalue weighted by Gasteiger charge is -2.22. The summed E-state index contributed by atoms with van der Waals surface area (Å²) in [6, 6.07) is 5.04. The second kappa shape index (κ2) is 3.95. The molecule has 0 spiro atoms. The van der Waals surface area contributed by atoms with Crippen molar-refractivity contribution in [3.63, 3.8) is 0 Å². The lowest BCUT2D eigenvalue weighted by atomic mass is 9.93. The maximum atomic E-state index is 3.52. The molecule has 1 fully saturated rings. The summed E-state index contributed by atoms with van der Waals surface area (Å²) in [6.07, 6.45) is 4.00. The Bertz CT molecular complexity index is 317. The first-order chi connectivity index (χ1) is 6.66. The molecule has 1 atom stereocenters. The minimum absolute atomic E-state index is 0.555. The fraction of sp³-hybridized carbons (Fsp3) is 0.636. The van der Waals surface area contributed by atoms with Gasteiger partial charge in [-0.3, -0.25) is 0 Å². The first-order valence-corrected chi connectivity index (χ1v) is 6.69. The number of hydrogen-bond acceptors (Lipinski definition) is 2. The van der Waals surface area contributed by atoms with Gasteiger partial charge in [0.1, 0.15) is 0 Å². The summed E-state index contributed by atoms with van der Waals surface area (Å²) >= 11 is 5.39. The van der Waals surface area contributed by atoms with E-state index < -0.39 is 0 Å². The molecule has 1 unspecified atom stereocenters. The Hall–Kier alpha value is 0.140. The van der Waals surface area contributed by atoms with Gasteiger partial charge in [-0.2, -0.15) is 0 Å².